The molecule has 1 aliphatic rings. The molecule has 2 atom stereocenters. The van der Waals surface area contributed by atoms with Crippen LogP contribution in [0.3, 0.4) is 0 Å². The zero-order valence-corrected chi connectivity index (χ0v) is 12.0. The van der Waals surface area contributed by atoms with Crippen molar-refractivity contribution < 1.29 is 0 Å². The van der Waals surface area contributed by atoms with E-state index in [0.717, 1.165) is 17.0 Å². The van der Waals surface area contributed by atoms with E-state index >= 15 is 0 Å². The van der Waals surface area contributed by atoms with Gasteiger partial charge in [-0.05, 0) is 23.6 Å². The van der Waals surface area contributed by atoms with Gasteiger partial charge in [0.1, 0.15) is 0 Å². The van der Waals surface area contributed by atoms with E-state index < -0.39 is 0 Å². The number of benzene rings is 1. The van der Waals surface area contributed by atoms with E-state index in [1.807, 2.05) is 36.4 Å². The van der Waals surface area contributed by atoms with Crippen molar-refractivity contribution in [1.29, 1.82) is 0 Å². The number of halogens is 1. The van der Waals surface area contributed by atoms with Crippen molar-refractivity contribution in [3.05, 3.63) is 71.7 Å². The van der Waals surface area contributed by atoms with Crippen LogP contribution in [0.25, 0.3) is 11.3 Å². The molecule has 100 valence electrons. The highest BCUT2D eigenvalue weighted by atomic mass is 35.5. The molecule has 0 aliphatic heterocycles. The maximum atomic E-state index is 6.10. The lowest BCUT2D eigenvalue weighted by molar-refractivity contribution is 0.619. The first kappa shape index (κ1) is 13.1. The topological polar surface area (TPSA) is 25.8 Å². The molecule has 20 heavy (non-hydrogen) atoms. The predicted molar refractivity (Wildman–Crippen MR) is 82.7 cm³/mol. The number of hydrogen-bond acceptors (Lipinski definition) is 2. The molecule has 1 aliphatic carbocycles. The summed E-state index contributed by atoms with van der Waals surface area (Å²) in [7, 11) is 0. The van der Waals surface area contributed by atoms with Crippen LogP contribution in [-0.4, -0.2) is 9.97 Å². The van der Waals surface area contributed by atoms with Crippen LogP contribution in [0.15, 0.2) is 60.7 Å². The maximum absolute atomic E-state index is 6.10. The summed E-state index contributed by atoms with van der Waals surface area (Å²) >= 11 is 6.10. The minimum absolute atomic E-state index is 0.253. The SMILES string of the molecule is CC1C=CC=CC1c1cc(-c2ccccc2)nc(Cl)n1. The molecule has 1 aromatic heterocycles. The third-order valence-electron chi connectivity index (χ3n) is 3.54. The summed E-state index contributed by atoms with van der Waals surface area (Å²) in [6, 6.07) is 12.1. The Morgan fingerprint density at radius 1 is 1.00 bits per heavy atom. The normalized spacial score (nSPS) is 21.1. The summed E-state index contributed by atoms with van der Waals surface area (Å²) in [5.41, 5.74) is 2.90. The minimum Gasteiger partial charge on any atom is -0.222 e. The molecule has 2 nitrogen and oxygen atoms in total. The highest BCUT2D eigenvalue weighted by Gasteiger charge is 2.19. The zero-order chi connectivity index (χ0) is 13.9. The summed E-state index contributed by atoms with van der Waals surface area (Å²) in [5.74, 6) is 0.664. The average Bonchev–Trinajstić information content (AvgIpc) is 2.48. The van der Waals surface area contributed by atoms with Gasteiger partial charge in [0, 0.05) is 11.5 Å². The molecule has 1 aromatic carbocycles. The Labute approximate surface area is 123 Å². The van der Waals surface area contributed by atoms with Crippen molar-refractivity contribution in [3.8, 4) is 11.3 Å². The van der Waals surface area contributed by atoms with E-state index in [1.165, 1.54) is 0 Å². The lowest BCUT2D eigenvalue weighted by atomic mass is 9.87. The largest absolute Gasteiger partial charge is 0.223 e. The molecule has 0 fully saturated rings. The lowest BCUT2D eigenvalue weighted by Crippen LogP contribution is -2.10. The number of nitrogens with zero attached hydrogens (tertiary/aromatic N) is 2. The Kier molecular flexibility index (Phi) is 3.66. The van der Waals surface area contributed by atoms with E-state index in [1.54, 1.807) is 0 Å². The van der Waals surface area contributed by atoms with Crippen LogP contribution >= 0.6 is 11.6 Å². The molecule has 1 heterocycles. The van der Waals surface area contributed by atoms with Gasteiger partial charge in [-0.1, -0.05) is 61.6 Å². The summed E-state index contributed by atoms with van der Waals surface area (Å²) in [6.07, 6.45) is 8.48. The number of aromatic nitrogens is 2. The fraction of sp³-hybridized carbons (Fsp3) is 0.176. The summed E-state index contributed by atoms with van der Waals surface area (Å²) in [4.78, 5) is 8.74. The first-order valence-electron chi connectivity index (χ1n) is 6.69. The van der Waals surface area contributed by atoms with Crippen molar-refractivity contribution in [2.24, 2.45) is 5.92 Å². The third kappa shape index (κ3) is 2.66. The summed E-state index contributed by atoms with van der Waals surface area (Å²) in [5, 5.41) is 0.302. The molecule has 3 heteroatoms. The second kappa shape index (κ2) is 5.59. The van der Waals surface area contributed by atoms with Gasteiger partial charge in [-0.25, -0.2) is 9.97 Å². The number of rotatable bonds is 2. The van der Waals surface area contributed by atoms with Crippen LogP contribution in [0.1, 0.15) is 18.5 Å². The quantitative estimate of drug-likeness (QED) is 0.750. The molecule has 2 unspecified atom stereocenters. The molecule has 0 N–H and O–H groups in total. The average molecular weight is 283 g/mol. The van der Waals surface area contributed by atoms with Crippen molar-refractivity contribution >= 4 is 11.6 Å². The Hall–Kier alpha value is -1.93. The fourth-order valence-corrected chi connectivity index (χ4v) is 2.64. The van der Waals surface area contributed by atoms with E-state index in [0.29, 0.717) is 11.2 Å². The molecule has 0 saturated carbocycles. The molecule has 2 aromatic rings. The Bertz CT molecular complexity index is 662. The fourth-order valence-electron chi connectivity index (χ4n) is 2.45. The van der Waals surface area contributed by atoms with Gasteiger partial charge < -0.3 is 0 Å². The van der Waals surface area contributed by atoms with E-state index in [2.05, 4.69) is 41.2 Å². The summed E-state index contributed by atoms with van der Waals surface area (Å²) < 4.78 is 0. The van der Waals surface area contributed by atoms with Crippen LogP contribution in [0.5, 0.6) is 0 Å². The van der Waals surface area contributed by atoms with Gasteiger partial charge in [0.05, 0.1) is 11.4 Å². The predicted octanol–water partition coefficient (Wildman–Crippen LogP) is 4.64. The molecule has 0 radical (unpaired) electrons. The summed E-state index contributed by atoms with van der Waals surface area (Å²) in [6.45, 7) is 2.18. The highest BCUT2D eigenvalue weighted by Crippen LogP contribution is 2.31. The first-order valence-corrected chi connectivity index (χ1v) is 7.07. The van der Waals surface area contributed by atoms with Crippen LogP contribution in [-0.2, 0) is 0 Å². The number of allylic oxidation sites excluding steroid dienone is 4. The van der Waals surface area contributed by atoms with Crippen LogP contribution < -0.4 is 0 Å². The molecular weight excluding hydrogens is 268 g/mol. The highest BCUT2D eigenvalue weighted by molar-refractivity contribution is 6.28. The molecular formula is C17H15ClN2. The van der Waals surface area contributed by atoms with E-state index in [4.69, 9.17) is 11.6 Å². The van der Waals surface area contributed by atoms with Gasteiger partial charge in [-0.2, -0.15) is 0 Å². The second-order valence-electron chi connectivity index (χ2n) is 4.97. The van der Waals surface area contributed by atoms with Crippen molar-refractivity contribution in [3.63, 3.8) is 0 Å². The molecule has 0 saturated heterocycles. The zero-order valence-electron chi connectivity index (χ0n) is 11.2. The molecule has 0 amide bonds. The van der Waals surface area contributed by atoms with Gasteiger partial charge in [0.2, 0.25) is 5.28 Å². The Morgan fingerprint density at radius 2 is 1.75 bits per heavy atom. The third-order valence-corrected chi connectivity index (χ3v) is 3.71. The Balaban J connectivity index is 2.03. The van der Waals surface area contributed by atoms with E-state index in [9.17, 15) is 0 Å². The van der Waals surface area contributed by atoms with Crippen molar-refractivity contribution in [2.45, 2.75) is 12.8 Å². The Morgan fingerprint density at radius 3 is 2.50 bits per heavy atom. The van der Waals surface area contributed by atoms with Crippen LogP contribution in [0.4, 0.5) is 0 Å². The van der Waals surface area contributed by atoms with Gasteiger partial charge in [-0.3, -0.25) is 0 Å². The number of hydrogen-bond donors (Lipinski definition) is 0. The maximum Gasteiger partial charge on any atom is 0.223 e. The van der Waals surface area contributed by atoms with E-state index in [-0.39, 0.29) is 5.92 Å². The van der Waals surface area contributed by atoms with Crippen LogP contribution in [0.2, 0.25) is 5.28 Å². The van der Waals surface area contributed by atoms with Gasteiger partial charge in [0.25, 0.3) is 0 Å². The van der Waals surface area contributed by atoms with Gasteiger partial charge in [0.15, 0.2) is 0 Å². The minimum atomic E-state index is 0.253. The smallest absolute Gasteiger partial charge is 0.222 e. The molecule has 0 bridgehead atoms. The monoisotopic (exact) mass is 282 g/mol. The van der Waals surface area contributed by atoms with Gasteiger partial charge in [-0.15, -0.1) is 0 Å². The van der Waals surface area contributed by atoms with Gasteiger partial charge >= 0.3 is 0 Å². The molecule has 3 rings (SSSR count). The van der Waals surface area contributed by atoms with Crippen molar-refractivity contribution in [2.75, 3.05) is 0 Å². The standard InChI is InChI=1S/C17H15ClN2/c1-12-7-5-6-10-14(12)16-11-15(19-17(18)20-16)13-8-3-2-4-9-13/h2-12,14H,1H3. The first-order chi connectivity index (χ1) is 9.74. The van der Waals surface area contributed by atoms with Crippen LogP contribution in [0, 0.1) is 5.92 Å². The second-order valence-corrected chi connectivity index (χ2v) is 5.31. The molecule has 0 spiro atoms. The lowest BCUT2D eigenvalue weighted by Gasteiger charge is -2.20. The van der Waals surface area contributed by atoms with Crippen molar-refractivity contribution in [1.82, 2.24) is 9.97 Å².